The molecule has 1 heterocycles. The standard InChI is InChI=1S/C13H18BN3O3/c1-13(2,3)16-12-15-10-8(11(18)17(12)4)6-5-7-9(10)14(19)20/h5-7,19-20H,1-4H3,(H,15,16). The summed E-state index contributed by atoms with van der Waals surface area (Å²) in [7, 11) is -0.0361. The number of anilines is 1. The molecule has 0 radical (unpaired) electrons. The zero-order valence-electron chi connectivity index (χ0n) is 12.0. The molecule has 0 aliphatic carbocycles. The second kappa shape index (κ2) is 4.92. The number of aromatic nitrogens is 2. The summed E-state index contributed by atoms with van der Waals surface area (Å²) >= 11 is 0. The van der Waals surface area contributed by atoms with Crippen LogP contribution in [0.1, 0.15) is 20.8 Å². The monoisotopic (exact) mass is 275 g/mol. The van der Waals surface area contributed by atoms with Crippen LogP contribution in [0.5, 0.6) is 0 Å². The van der Waals surface area contributed by atoms with Crippen molar-refractivity contribution in [2.24, 2.45) is 7.05 Å². The molecule has 1 aromatic heterocycles. The smallest absolute Gasteiger partial charge is 0.423 e. The van der Waals surface area contributed by atoms with Crippen molar-refractivity contribution in [1.82, 2.24) is 9.55 Å². The van der Waals surface area contributed by atoms with Crippen molar-refractivity contribution in [3.05, 3.63) is 28.6 Å². The Hall–Kier alpha value is -1.86. The van der Waals surface area contributed by atoms with Crippen molar-refractivity contribution in [3.63, 3.8) is 0 Å². The van der Waals surface area contributed by atoms with Gasteiger partial charge < -0.3 is 15.4 Å². The van der Waals surface area contributed by atoms with Gasteiger partial charge in [0.15, 0.2) is 0 Å². The van der Waals surface area contributed by atoms with Crippen LogP contribution in [0.3, 0.4) is 0 Å². The molecule has 0 spiro atoms. The fourth-order valence-electron chi connectivity index (χ4n) is 1.97. The van der Waals surface area contributed by atoms with Crippen LogP contribution in [0.4, 0.5) is 5.95 Å². The van der Waals surface area contributed by atoms with Gasteiger partial charge in [-0.15, -0.1) is 0 Å². The average molecular weight is 275 g/mol. The Morgan fingerprint density at radius 2 is 1.95 bits per heavy atom. The first-order chi connectivity index (χ1) is 9.20. The topological polar surface area (TPSA) is 87.4 Å². The first kappa shape index (κ1) is 14.6. The predicted octanol–water partition coefficient (Wildman–Crippen LogP) is -0.176. The Morgan fingerprint density at radius 3 is 2.50 bits per heavy atom. The molecule has 6 nitrogen and oxygen atoms in total. The Bertz CT molecular complexity index is 704. The third-order valence-electron chi connectivity index (χ3n) is 2.90. The molecule has 20 heavy (non-hydrogen) atoms. The number of nitrogens with zero attached hydrogens (tertiary/aromatic N) is 2. The van der Waals surface area contributed by atoms with E-state index in [9.17, 15) is 14.8 Å². The van der Waals surface area contributed by atoms with Crippen molar-refractivity contribution in [1.29, 1.82) is 0 Å². The maximum absolute atomic E-state index is 12.3. The predicted molar refractivity (Wildman–Crippen MR) is 80.2 cm³/mol. The fourth-order valence-corrected chi connectivity index (χ4v) is 1.97. The lowest BCUT2D eigenvalue weighted by atomic mass is 9.79. The van der Waals surface area contributed by atoms with Gasteiger partial charge in [0.2, 0.25) is 5.95 Å². The highest BCUT2D eigenvalue weighted by atomic mass is 16.4. The van der Waals surface area contributed by atoms with E-state index in [1.54, 1.807) is 25.2 Å². The maximum Gasteiger partial charge on any atom is 0.490 e. The first-order valence-electron chi connectivity index (χ1n) is 6.34. The van der Waals surface area contributed by atoms with Crippen molar-refractivity contribution in [2.45, 2.75) is 26.3 Å². The number of rotatable bonds is 2. The van der Waals surface area contributed by atoms with E-state index in [-0.39, 0.29) is 16.6 Å². The van der Waals surface area contributed by atoms with Gasteiger partial charge in [-0.1, -0.05) is 12.1 Å². The lowest BCUT2D eigenvalue weighted by molar-refractivity contribution is 0.426. The van der Waals surface area contributed by atoms with E-state index in [1.807, 2.05) is 20.8 Å². The summed E-state index contributed by atoms with van der Waals surface area (Å²) in [6.45, 7) is 5.86. The summed E-state index contributed by atoms with van der Waals surface area (Å²) in [6, 6.07) is 4.77. The quantitative estimate of drug-likeness (QED) is 0.662. The highest BCUT2D eigenvalue weighted by Crippen LogP contribution is 2.13. The van der Waals surface area contributed by atoms with E-state index in [0.717, 1.165) is 0 Å². The van der Waals surface area contributed by atoms with Crippen molar-refractivity contribution in [3.8, 4) is 0 Å². The number of hydrogen-bond acceptors (Lipinski definition) is 5. The summed E-state index contributed by atoms with van der Waals surface area (Å²) in [5.74, 6) is 0.392. The van der Waals surface area contributed by atoms with Crippen molar-refractivity contribution < 1.29 is 10.0 Å². The lowest BCUT2D eigenvalue weighted by Gasteiger charge is -2.23. The average Bonchev–Trinajstić information content (AvgIpc) is 2.33. The highest BCUT2D eigenvalue weighted by Gasteiger charge is 2.20. The first-order valence-corrected chi connectivity index (χ1v) is 6.34. The molecule has 1 aromatic carbocycles. The Balaban J connectivity index is 2.77. The van der Waals surface area contributed by atoms with Crippen LogP contribution in [0.2, 0.25) is 0 Å². The fraction of sp³-hybridized carbons (Fsp3) is 0.385. The highest BCUT2D eigenvalue weighted by molar-refractivity contribution is 6.61. The van der Waals surface area contributed by atoms with Crippen molar-refractivity contribution in [2.75, 3.05) is 5.32 Å². The molecule has 0 saturated carbocycles. The molecule has 0 atom stereocenters. The minimum absolute atomic E-state index is 0.220. The Labute approximate surface area is 117 Å². The summed E-state index contributed by atoms with van der Waals surface area (Å²) in [6.07, 6.45) is 0. The number of fused-ring (bicyclic) bond motifs is 1. The third kappa shape index (κ3) is 2.68. The summed E-state index contributed by atoms with van der Waals surface area (Å²) < 4.78 is 1.42. The third-order valence-corrected chi connectivity index (χ3v) is 2.90. The molecule has 7 heteroatoms. The second-order valence-corrected chi connectivity index (χ2v) is 5.79. The molecule has 0 unspecified atom stereocenters. The van der Waals surface area contributed by atoms with Crippen LogP contribution in [-0.4, -0.2) is 32.3 Å². The minimum atomic E-state index is -1.67. The molecule has 0 aliphatic heterocycles. The molecule has 106 valence electrons. The van der Waals surface area contributed by atoms with Gasteiger partial charge >= 0.3 is 7.12 Å². The van der Waals surface area contributed by atoms with Gasteiger partial charge in [0.05, 0.1) is 10.9 Å². The zero-order valence-corrected chi connectivity index (χ0v) is 12.0. The van der Waals surface area contributed by atoms with Gasteiger partial charge in [-0.25, -0.2) is 4.98 Å². The molecule has 2 rings (SSSR count). The summed E-state index contributed by atoms with van der Waals surface area (Å²) in [5.41, 5.74) is 0.0243. The van der Waals surface area contributed by atoms with Crippen LogP contribution >= 0.6 is 0 Å². The molecule has 2 aromatic rings. The Kier molecular flexibility index (Phi) is 3.58. The normalized spacial score (nSPS) is 11.7. The number of para-hydroxylation sites is 1. The van der Waals surface area contributed by atoms with Crippen LogP contribution in [0.25, 0.3) is 10.9 Å². The van der Waals surface area contributed by atoms with E-state index in [1.165, 1.54) is 4.57 Å². The number of hydrogen-bond donors (Lipinski definition) is 3. The molecule has 0 saturated heterocycles. The van der Waals surface area contributed by atoms with E-state index >= 15 is 0 Å². The van der Waals surface area contributed by atoms with Gasteiger partial charge in [0, 0.05) is 18.0 Å². The SMILES string of the molecule is Cn1c(NC(C)(C)C)nc2c(B(O)O)cccc2c1=O. The molecule has 0 aliphatic rings. The molecule has 0 amide bonds. The molecular weight excluding hydrogens is 257 g/mol. The molecule has 0 fully saturated rings. The molecule has 3 N–H and O–H groups in total. The van der Waals surface area contributed by atoms with E-state index in [4.69, 9.17) is 0 Å². The van der Waals surface area contributed by atoms with Crippen LogP contribution in [-0.2, 0) is 7.05 Å². The van der Waals surface area contributed by atoms with Gasteiger partial charge in [-0.3, -0.25) is 9.36 Å². The second-order valence-electron chi connectivity index (χ2n) is 5.79. The number of benzene rings is 1. The zero-order chi connectivity index (χ0) is 15.1. The van der Waals surface area contributed by atoms with E-state index < -0.39 is 7.12 Å². The minimum Gasteiger partial charge on any atom is -0.423 e. The van der Waals surface area contributed by atoms with Crippen LogP contribution in [0, 0.1) is 0 Å². The summed E-state index contributed by atoms with van der Waals surface area (Å²) in [4.78, 5) is 16.7. The maximum atomic E-state index is 12.3. The largest absolute Gasteiger partial charge is 0.490 e. The van der Waals surface area contributed by atoms with Gasteiger partial charge in [-0.05, 0) is 26.8 Å². The molecular formula is C13H18BN3O3. The van der Waals surface area contributed by atoms with E-state index in [2.05, 4.69) is 10.3 Å². The summed E-state index contributed by atoms with van der Waals surface area (Å²) in [5, 5.41) is 22.3. The molecule has 0 bridgehead atoms. The van der Waals surface area contributed by atoms with Crippen molar-refractivity contribution >= 4 is 29.4 Å². The van der Waals surface area contributed by atoms with Crippen LogP contribution in [0.15, 0.2) is 23.0 Å². The van der Waals surface area contributed by atoms with E-state index in [0.29, 0.717) is 16.9 Å². The lowest BCUT2D eigenvalue weighted by Crippen LogP contribution is -2.35. The van der Waals surface area contributed by atoms with Gasteiger partial charge in [-0.2, -0.15) is 0 Å². The van der Waals surface area contributed by atoms with Gasteiger partial charge in [0.1, 0.15) is 0 Å². The number of nitrogens with one attached hydrogen (secondary N) is 1. The van der Waals surface area contributed by atoms with Gasteiger partial charge in [0.25, 0.3) is 5.56 Å². The Morgan fingerprint density at radius 1 is 1.30 bits per heavy atom. The van der Waals surface area contributed by atoms with Crippen LogP contribution < -0.4 is 16.3 Å².